The van der Waals surface area contributed by atoms with Gasteiger partial charge in [-0.3, -0.25) is 24.8 Å². The lowest BCUT2D eigenvalue weighted by atomic mass is 10.0. The fraction of sp³-hybridized carbons (Fsp3) is 0.0256. The number of carbonyl (C=O) groups excluding carboxylic acids is 2. The molecule has 0 N–H and O–H groups in total. The number of non-ortho nitro benzene ring substituents is 2. The highest BCUT2D eigenvalue weighted by Gasteiger charge is 2.44. The summed E-state index contributed by atoms with van der Waals surface area (Å²) in [5.41, 5.74) is 1.76. The number of rotatable bonds is 9. The first-order chi connectivity index (χ1) is 25.1. The van der Waals surface area contributed by atoms with Crippen LogP contribution in [0.2, 0.25) is 0 Å². The van der Waals surface area contributed by atoms with Crippen LogP contribution in [0.3, 0.4) is 0 Å². The number of esters is 2. The van der Waals surface area contributed by atoms with E-state index in [1.54, 1.807) is 72.8 Å². The number of ether oxygens (including phenoxy) is 2. The summed E-state index contributed by atoms with van der Waals surface area (Å²) < 4.78 is 33.0. The van der Waals surface area contributed by atoms with Crippen molar-refractivity contribution in [3.63, 3.8) is 0 Å². The monoisotopic (exact) mass is 712 g/mol. The molecule has 0 amide bonds. The second-order valence-corrected chi connectivity index (χ2v) is 14.0. The summed E-state index contributed by atoms with van der Waals surface area (Å²) in [7, 11) is -3.82. The van der Waals surface area contributed by atoms with Gasteiger partial charge in [-0.05, 0) is 77.4 Å². The summed E-state index contributed by atoms with van der Waals surface area (Å²) in [6.07, 6.45) is 0. The van der Waals surface area contributed by atoms with Crippen molar-refractivity contribution < 1.29 is 38.0 Å². The largest absolute Gasteiger partial charge is 0.439 e. The highest BCUT2D eigenvalue weighted by molar-refractivity contribution is 7.68. The summed E-state index contributed by atoms with van der Waals surface area (Å²) in [5, 5.41) is 22.5. The van der Waals surface area contributed by atoms with Crippen LogP contribution in [-0.4, -0.2) is 21.8 Å². The summed E-state index contributed by atoms with van der Waals surface area (Å²) in [6.45, 7) is 0. The Kier molecular flexibility index (Phi) is 8.90. The van der Waals surface area contributed by atoms with E-state index < -0.39 is 34.8 Å². The number of carbonyl (C=O) groups is 2. The van der Waals surface area contributed by atoms with E-state index >= 15 is 4.57 Å². The Labute approximate surface area is 295 Å². The van der Waals surface area contributed by atoms with Gasteiger partial charge in [0.15, 0.2) is 0 Å². The van der Waals surface area contributed by atoms with E-state index in [0.29, 0.717) is 22.2 Å². The Morgan fingerprint density at radius 2 is 0.981 bits per heavy atom. The van der Waals surface area contributed by atoms with Crippen LogP contribution in [0.4, 0.5) is 11.4 Å². The number of hydrogen-bond acceptors (Lipinski definition) is 10. The third-order valence-electron chi connectivity index (χ3n) is 8.43. The Balaban J connectivity index is 1.22. The van der Waals surface area contributed by atoms with Gasteiger partial charge in [0.25, 0.3) is 18.7 Å². The van der Waals surface area contributed by atoms with E-state index in [0.717, 1.165) is 11.1 Å². The second kappa shape index (κ2) is 13.8. The third kappa shape index (κ3) is 6.53. The first-order valence-corrected chi connectivity index (χ1v) is 17.4. The molecular formula is C39H25N2O10P. The molecule has 1 unspecified atom stereocenters. The molecule has 13 heteroatoms. The molecule has 0 aromatic heterocycles. The average molecular weight is 713 g/mol. The topological polar surface area (TPSA) is 165 Å². The standard InChI is InChI=1S/C39H25N2O10P/c42-38(27-9-17-29(18-10-27)40(44)45)49-31-21-13-25(14-22-31)37(52(48)36-8-4-2-6-34(36)33-5-1-3-7-35(33)51-52)26-15-23-32(24-16-26)50-39(43)28-11-19-30(20-12-28)41(46)47/h1-24,37H. The molecule has 0 saturated carbocycles. The van der Waals surface area contributed by atoms with Crippen LogP contribution < -0.4 is 19.3 Å². The predicted octanol–water partition coefficient (Wildman–Crippen LogP) is 8.69. The van der Waals surface area contributed by atoms with Crippen LogP contribution in [0, 0.1) is 20.2 Å². The second-order valence-electron chi connectivity index (χ2n) is 11.6. The molecule has 7 rings (SSSR count). The third-order valence-corrected chi connectivity index (χ3v) is 11.2. The zero-order chi connectivity index (χ0) is 36.4. The first-order valence-electron chi connectivity index (χ1n) is 15.7. The fourth-order valence-electron chi connectivity index (χ4n) is 5.92. The average Bonchev–Trinajstić information content (AvgIpc) is 3.16. The smallest absolute Gasteiger partial charge is 0.343 e. The lowest BCUT2D eigenvalue weighted by Gasteiger charge is -2.34. The normalized spacial score (nSPS) is 14.3. The maximum absolute atomic E-state index is 15.5. The van der Waals surface area contributed by atoms with E-state index in [-0.39, 0.29) is 34.0 Å². The molecule has 52 heavy (non-hydrogen) atoms. The van der Waals surface area contributed by atoms with Crippen LogP contribution in [0.5, 0.6) is 17.2 Å². The Morgan fingerprint density at radius 1 is 0.558 bits per heavy atom. The SMILES string of the molecule is O=C(Oc1ccc(C(c2ccc(OC(=O)c3ccc([N+](=O)[O-])cc3)cc2)P2(=O)Oc3ccccc3-c3ccccc32)cc1)c1ccc([N+](=O)[O-])cc1. The molecule has 1 heterocycles. The summed E-state index contributed by atoms with van der Waals surface area (Å²) in [5.74, 6) is -0.600. The van der Waals surface area contributed by atoms with E-state index in [2.05, 4.69) is 0 Å². The van der Waals surface area contributed by atoms with Gasteiger partial charge in [0.05, 0.1) is 26.3 Å². The number of para-hydroxylation sites is 1. The molecule has 0 aliphatic carbocycles. The molecule has 6 aromatic carbocycles. The van der Waals surface area contributed by atoms with Crippen LogP contribution in [0.25, 0.3) is 11.1 Å². The molecule has 6 aromatic rings. The minimum atomic E-state index is -3.82. The van der Waals surface area contributed by atoms with Crippen molar-refractivity contribution in [3.05, 3.63) is 188 Å². The zero-order valence-corrected chi connectivity index (χ0v) is 27.8. The van der Waals surface area contributed by atoms with E-state index in [4.69, 9.17) is 14.0 Å². The van der Waals surface area contributed by atoms with Gasteiger partial charge in [-0.2, -0.15) is 0 Å². The van der Waals surface area contributed by atoms with Crippen molar-refractivity contribution in [2.45, 2.75) is 5.66 Å². The number of hydrogen-bond donors (Lipinski definition) is 0. The number of nitro groups is 2. The maximum Gasteiger partial charge on any atom is 0.343 e. The van der Waals surface area contributed by atoms with Crippen molar-refractivity contribution in [1.29, 1.82) is 0 Å². The van der Waals surface area contributed by atoms with Gasteiger partial charge in [-0.1, -0.05) is 60.7 Å². The van der Waals surface area contributed by atoms with Gasteiger partial charge in [-0.25, -0.2) is 9.59 Å². The van der Waals surface area contributed by atoms with Crippen molar-refractivity contribution in [1.82, 2.24) is 0 Å². The predicted molar refractivity (Wildman–Crippen MR) is 191 cm³/mol. The van der Waals surface area contributed by atoms with Gasteiger partial charge in [0, 0.05) is 29.8 Å². The van der Waals surface area contributed by atoms with Crippen LogP contribution >= 0.6 is 7.37 Å². The van der Waals surface area contributed by atoms with Crippen molar-refractivity contribution >= 4 is 36.0 Å². The maximum atomic E-state index is 15.5. The summed E-state index contributed by atoms with van der Waals surface area (Å²) in [6, 6.07) is 37.7. The number of fused-ring (bicyclic) bond motifs is 3. The fourth-order valence-corrected chi connectivity index (χ4v) is 8.81. The van der Waals surface area contributed by atoms with E-state index in [1.807, 2.05) is 24.3 Å². The highest BCUT2D eigenvalue weighted by Crippen LogP contribution is 2.65. The van der Waals surface area contributed by atoms with Crippen LogP contribution in [0.1, 0.15) is 37.5 Å². The lowest BCUT2D eigenvalue weighted by Crippen LogP contribution is -2.22. The molecular weight excluding hydrogens is 687 g/mol. The van der Waals surface area contributed by atoms with Crippen molar-refractivity contribution in [2.75, 3.05) is 0 Å². The van der Waals surface area contributed by atoms with Gasteiger partial charge in [0.2, 0.25) is 0 Å². The van der Waals surface area contributed by atoms with Gasteiger partial charge in [-0.15, -0.1) is 0 Å². The molecule has 1 atom stereocenters. The molecule has 0 radical (unpaired) electrons. The molecule has 12 nitrogen and oxygen atoms in total. The minimum absolute atomic E-state index is 0.122. The van der Waals surface area contributed by atoms with Crippen molar-refractivity contribution in [3.8, 4) is 28.4 Å². The van der Waals surface area contributed by atoms with Crippen LogP contribution in [0.15, 0.2) is 146 Å². The van der Waals surface area contributed by atoms with Crippen molar-refractivity contribution in [2.24, 2.45) is 0 Å². The van der Waals surface area contributed by atoms with E-state index in [1.165, 1.54) is 48.5 Å². The molecule has 0 bridgehead atoms. The molecule has 0 fully saturated rings. The lowest BCUT2D eigenvalue weighted by molar-refractivity contribution is -0.385. The molecule has 1 aliphatic rings. The van der Waals surface area contributed by atoms with Gasteiger partial charge >= 0.3 is 11.9 Å². The molecule has 0 saturated heterocycles. The molecule has 1 aliphatic heterocycles. The van der Waals surface area contributed by atoms with Crippen LogP contribution in [-0.2, 0) is 4.57 Å². The quantitative estimate of drug-likeness (QED) is 0.0465. The number of nitro benzene ring substituents is 2. The molecule has 0 spiro atoms. The Bertz CT molecular complexity index is 2280. The zero-order valence-electron chi connectivity index (χ0n) is 26.9. The summed E-state index contributed by atoms with van der Waals surface area (Å²) >= 11 is 0. The molecule has 256 valence electrons. The van der Waals surface area contributed by atoms with Gasteiger partial charge < -0.3 is 14.0 Å². The highest BCUT2D eigenvalue weighted by atomic mass is 31.2. The van der Waals surface area contributed by atoms with Gasteiger partial charge in [0.1, 0.15) is 22.9 Å². The number of benzene rings is 6. The Hall–Kier alpha value is -6.91. The first kappa shape index (κ1) is 33.6. The minimum Gasteiger partial charge on any atom is -0.439 e. The summed E-state index contributed by atoms with van der Waals surface area (Å²) in [4.78, 5) is 46.5. The number of nitrogens with zero attached hydrogens (tertiary/aromatic N) is 2. The Morgan fingerprint density at radius 3 is 1.44 bits per heavy atom. The van der Waals surface area contributed by atoms with E-state index in [9.17, 15) is 29.8 Å².